The van der Waals surface area contributed by atoms with Crippen molar-refractivity contribution in [3.05, 3.63) is 100 Å². The summed E-state index contributed by atoms with van der Waals surface area (Å²) in [6.07, 6.45) is 5.12. The number of aromatic nitrogens is 4. The number of hydrogen-bond acceptors (Lipinski definition) is 5. The zero-order chi connectivity index (χ0) is 22.7. The first-order valence-electron chi connectivity index (χ1n) is 10.2. The van der Waals surface area contributed by atoms with Gasteiger partial charge in [-0.25, -0.2) is 18.1 Å². The first kappa shape index (κ1) is 24.2. The maximum Gasteiger partial charge on any atom is 0.276 e. The lowest BCUT2D eigenvalue weighted by molar-refractivity contribution is 0.591. The molecule has 0 spiro atoms. The van der Waals surface area contributed by atoms with E-state index >= 15 is 0 Å². The van der Waals surface area contributed by atoms with E-state index in [0.29, 0.717) is 23.5 Å². The fourth-order valence-electron chi connectivity index (χ4n) is 3.53. The summed E-state index contributed by atoms with van der Waals surface area (Å²) in [5.41, 5.74) is 2.61. The average molecular weight is 486 g/mol. The maximum atomic E-state index is 13.1. The van der Waals surface area contributed by atoms with E-state index in [0.717, 1.165) is 11.3 Å². The first-order valence-corrected chi connectivity index (χ1v) is 11.6. The summed E-state index contributed by atoms with van der Waals surface area (Å²) >= 11 is 0. The molecule has 3 aromatic heterocycles. The number of nitrogens with zero attached hydrogens (tertiary/aromatic N) is 4. The van der Waals surface area contributed by atoms with Crippen molar-refractivity contribution in [2.75, 3.05) is 10.8 Å². The summed E-state index contributed by atoms with van der Waals surface area (Å²) in [6, 6.07) is 15.6. The molecule has 0 bridgehead atoms. The molecule has 1 N–H and O–H groups in total. The lowest BCUT2D eigenvalue weighted by Gasteiger charge is -2.22. The normalized spacial score (nSPS) is 11.1. The van der Waals surface area contributed by atoms with Crippen LogP contribution in [0.5, 0.6) is 0 Å². The molecule has 4 rings (SSSR count). The molecule has 3 heterocycles. The fourth-order valence-corrected chi connectivity index (χ4v) is 4.95. The van der Waals surface area contributed by atoms with E-state index in [9.17, 15) is 13.2 Å². The third-order valence-corrected chi connectivity index (χ3v) is 7.05. The number of aromatic amines is 1. The van der Waals surface area contributed by atoms with E-state index < -0.39 is 10.0 Å². The van der Waals surface area contributed by atoms with Gasteiger partial charge < -0.3 is 0 Å². The average Bonchev–Trinajstić information content (AvgIpc) is 3.09. The van der Waals surface area contributed by atoms with Gasteiger partial charge in [0.15, 0.2) is 5.82 Å². The van der Waals surface area contributed by atoms with Crippen LogP contribution in [0.15, 0.2) is 82.9 Å². The van der Waals surface area contributed by atoms with Crippen LogP contribution in [0.25, 0.3) is 5.82 Å². The van der Waals surface area contributed by atoms with Crippen molar-refractivity contribution in [1.82, 2.24) is 19.7 Å². The van der Waals surface area contributed by atoms with Gasteiger partial charge in [0.05, 0.1) is 5.69 Å². The molecule has 0 aliphatic heterocycles. The van der Waals surface area contributed by atoms with E-state index in [1.807, 2.05) is 25.1 Å². The molecule has 0 aliphatic carbocycles. The first-order chi connectivity index (χ1) is 15.4. The summed E-state index contributed by atoms with van der Waals surface area (Å²) in [5, 5.41) is 3.03. The minimum atomic E-state index is -3.79. The van der Waals surface area contributed by atoms with E-state index in [2.05, 4.69) is 15.1 Å². The number of benzene rings is 1. The van der Waals surface area contributed by atoms with Crippen LogP contribution >= 0.6 is 12.4 Å². The number of aryl methyl sites for hydroxylation is 1. The number of para-hydroxylation sites is 1. The van der Waals surface area contributed by atoms with Gasteiger partial charge in [0.2, 0.25) is 0 Å². The summed E-state index contributed by atoms with van der Waals surface area (Å²) in [6.45, 7) is 3.87. The number of rotatable bonds is 7. The van der Waals surface area contributed by atoms with Crippen molar-refractivity contribution in [1.29, 1.82) is 0 Å². The molecule has 4 aromatic rings. The number of anilines is 1. The molecule has 0 aliphatic rings. The Kier molecular flexibility index (Phi) is 7.35. The van der Waals surface area contributed by atoms with E-state index in [1.165, 1.54) is 27.3 Å². The van der Waals surface area contributed by atoms with Gasteiger partial charge in [-0.1, -0.05) is 24.3 Å². The molecule has 8 nitrogen and oxygen atoms in total. The fraction of sp³-hybridized carbons (Fsp3) is 0.174. The number of pyridine rings is 2. The minimum absolute atomic E-state index is 0. The van der Waals surface area contributed by atoms with E-state index in [4.69, 9.17) is 0 Å². The van der Waals surface area contributed by atoms with Gasteiger partial charge in [-0.15, -0.1) is 12.4 Å². The lowest BCUT2D eigenvalue weighted by Crippen LogP contribution is -2.30. The van der Waals surface area contributed by atoms with Crippen LogP contribution in [-0.2, 0) is 16.4 Å². The summed E-state index contributed by atoms with van der Waals surface area (Å²) in [4.78, 5) is 21.4. The second kappa shape index (κ2) is 10.0. The number of halogens is 1. The quantitative estimate of drug-likeness (QED) is 0.431. The van der Waals surface area contributed by atoms with Crippen molar-refractivity contribution < 1.29 is 8.42 Å². The lowest BCUT2D eigenvalue weighted by atomic mass is 10.1. The van der Waals surface area contributed by atoms with Gasteiger partial charge in [0.1, 0.15) is 4.90 Å². The van der Waals surface area contributed by atoms with Crippen molar-refractivity contribution in [3.63, 3.8) is 0 Å². The highest BCUT2D eigenvalue weighted by molar-refractivity contribution is 7.92. The predicted octanol–water partition coefficient (Wildman–Crippen LogP) is 3.49. The van der Waals surface area contributed by atoms with Crippen molar-refractivity contribution in [3.8, 4) is 5.82 Å². The summed E-state index contributed by atoms with van der Waals surface area (Å²) < 4.78 is 28.9. The number of sulfonamides is 1. The number of H-pyrrole nitrogens is 1. The third kappa shape index (κ3) is 4.84. The van der Waals surface area contributed by atoms with Crippen LogP contribution in [0, 0.1) is 6.92 Å². The molecular formula is C23H24ClN5O3S. The Hall–Kier alpha value is -3.43. The Morgan fingerprint density at radius 2 is 1.79 bits per heavy atom. The highest BCUT2D eigenvalue weighted by Gasteiger charge is 2.24. The van der Waals surface area contributed by atoms with Crippen molar-refractivity contribution >= 4 is 28.1 Å². The zero-order valence-electron chi connectivity index (χ0n) is 18.2. The van der Waals surface area contributed by atoms with Gasteiger partial charge >= 0.3 is 0 Å². The van der Waals surface area contributed by atoms with Crippen LogP contribution < -0.4 is 9.86 Å². The molecule has 0 radical (unpaired) electrons. The topological polar surface area (TPSA) is 101 Å². The molecule has 0 saturated carbocycles. The molecule has 1 aromatic carbocycles. The highest BCUT2D eigenvalue weighted by atomic mass is 35.5. The maximum absolute atomic E-state index is 13.1. The predicted molar refractivity (Wildman–Crippen MR) is 130 cm³/mol. The summed E-state index contributed by atoms with van der Waals surface area (Å²) in [5.74, 6) is 0.317. The molecule has 0 fully saturated rings. The smallest absolute Gasteiger partial charge is 0.276 e. The Morgan fingerprint density at radius 1 is 1.03 bits per heavy atom. The molecule has 0 unspecified atom stereocenters. The van der Waals surface area contributed by atoms with Crippen LogP contribution in [0.4, 0.5) is 5.69 Å². The Bertz CT molecular complexity index is 1370. The zero-order valence-corrected chi connectivity index (χ0v) is 19.8. The molecule has 0 amide bonds. The van der Waals surface area contributed by atoms with Crippen LogP contribution in [0.3, 0.4) is 0 Å². The highest BCUT2D eigenvalue weighted by Crippen LogP contribution is 2.23. The minimum Gasteiger partial charge on any atom is -0.294 e. The third-order valence-electron chi connectivity index (χ3n) is 5.17. The molecular weight excluding hydrogens is 462 g/mol. The largest absolute Gasteiger partial charge is 0.294 e. The SMILES string of the molecule is CCN(c1ccccc1)S(=O)(=O)c1ccc(-n2[nH]c(C)c(Cc3cccnc3)c2=O)nc1.Cl. The van der Waals surface area contributed by atoms with Crippen molar-refractivity contribution in [2.24, 2.45) is 0 Å². The Balaban J connectivity index is 0.00000306. The standard InChI is InChI=1S/C23H23N5O3S.ClH/c1-3-27(19-9-5-4-6-10-19)32(30,31)20-11-12-22(25-16-20)28-23(29)21(17(2)26-28)14-18-8-7-13-24-15-18;/h4-13,15-16,26H,3,14H2,1-2H3;1H. The van der Waals surface area contributed by atoms with Gasteiger partial charge in [-0.05, 0) is 49.7 Å². The monoisotopic (exact) mass is 485 g/mol. The van der Waals surface area contributed by atoms with E-state index in [-0.39, 0.29) is 29.4 Å². The van der Waals surface area contributed by atoms with E-state index in [1.54, 1.807) is 43.6 Å². The molecule has 10 heteroatoms. The van der Waals surface area contributed by atoms with Crippen LogP contribution in [-0.4, -0.2) is 34.7 Å². The Labute approximate surface area is 198 Å². The number of hydrogen-bond donors (Lipinski definition) is 1. The number of nitrogens with one attached hydrogen (secondary N) is 1. The van der Waals surface area contributed by atoms with Gasteiger partial charge in [-0.3, -0.25) is 19.2 Å². The van der Waals surface area contributed by atoms with Gasteiger partial charge in [-0.2, -0.15) is 0 Å². The second-order valence-electron chi connectivity index (χ2n) is 7.25. The van der Waals surface area contributed by atoms with Gasteiger partial charge in [0, 0.05) is 42.8 Å². The van der Waals surface area contributed by atoms with Crippen LogP contribution in [0.1, 0.15) is 23.7 Å². The summed E-state index contributed by atoms with van der Waals surface area (Å²) in [7, 11) is -3.79. The molecule has 33 heavy (non-hydrogen) atoms. The van der Waals surface area contributed by atoms with Crippen molar-refractivity contribution in [2.45, 2.75) is 25.2 Å². The molecule has 0 atom stereocenters. The Morgan fingerprint density at radius 3 is 2.39 bits per heavy atom. The van der Waals surface area contributed by atoms with Gasteiger partial charge in [0.25, 0.3) is 15.6 Å². The molecule has 172 valence electrons. The molecule has 0 saturated heterocycles. The van der Waals surface area contributed by atoms with Crippen LogP contribution in [0.2, 0.25) is 0 Å². The second-order valence-corrected chi connectivity index (χ2v) is 9.11.